The molecule has 2 rings (SSSR count). The summed E-state index contributed by atoms with van der Waals surface area (Å²) in [6.07, 6.45) is 1.94. The average Bonchev–Trinajstić information content (AvgIpc) is 2.38. The summed E-state index contributed by atoms with van der Waals surface area (Å²) in [5.74, 6) is -1.03. The largest absolute Gasteiger partial charge is 0.381 e. The van der Waals surface area contributed by atoms with Crippen LogP contribution >= 0.6 is 0 Å². The summed E-state index contributed by atoms with van der Waals surface area (Å²) in [4.78, 5) is 25.7. The first-order valence-corrected chi connectivity index (χ1v) is 4.42. The van der Waals surface area contributed by atoms with Crippen LogP contribution in [0.3, 0.4) is 0 Å². The number of hydrogen-bond acceptors (Lipinski definition) is 4. The summed E-state index contributed by atoms with van der Waals surface area (Å²) >= 11 is 0. The van der Waals surface area contributed by atoms with Crippen LogP contribution in [-0.4, -0.2) is 37.0 Å². The Bertz CT molecular complexity index is 289. The van der Waals surface area contributed by atoms with Gasteiger partial charge >= 0.3 is 11.8 Å². The first-order chi connectivity index (χ1) is 6.69. The summed E-state index contributed by atoms with van der Waals surface area (Å²) in [7, 11) is 1.66. The molecule has 0 aromatic carbocycles. The van der Waals surface area contributed by atoms with E-state index in [2.05, 4.69) is 15.6 Å². The van der Waals surface area contributed by atoms with Crippen molar-refractivity contribution in [3.63, 3.8) is 0 Å². The molecule has 1 aliphatic carbocycles. The van der Waals surface area contributed by atoms with Crippen molar-refractivity contribution < 1.29 is 14.3 Å². The summed E-state index contributed by atoms with van der Waals surface area (Å²) in [5.41, 5.74) is 0. The first-order valence-electron chi connectivity index (χ1n) is 4.42. The summed E-state index contributed by atoms with van der Waals surface area (Å²) in [6.45, 7) is 0. The van der Waals surface area contributed by atoms with E-state index in [-0.39, 0.29) is 18.1 Å². The van der Waals surface area contributed by atoms with Crippen molar-refractivity contribution in [1.82, 2.24) is 10.6 Å². The molecular formula is C8H11N3O3. The van der Waals surface area contributed by atoms with Gasteiger partial charge in [-0.3, -0.25) is 20.2 Å². The van der Waals surface area contributed by atoms with Crippen molar-refractivity contribution >= 4 is 17.8 Å². The highest BCUT2D eigenvalue weighted by atomic mass is 16.5. The molecule has 0 unspecified atom stereocenters. The standard InChI is InChI=1S/C8H11N3O3/c1-14-5-2-4(3-5)9-8-10-6(12)7(13)11-8/h4-5H,2-3H2,1H3,(H2,9,10,11,12,13). The molecule has 0 atom stereocenters. The monoisotopic (exact) mass is 197 g/mol. The van der Waals surface area contributed by atoms with E-state index in [1.165, 1.54) is 0 Å². The molecule has 0 spiro atoms. The van der Waals surface area contributed by atoms with Gasteiger partial charge in [-0.15, -0.1) is 0 Å². The lowest BCUT2D eigenvalue weighted by Crippen LogP contribution is -2.37. The van der Waals surface area contributed by atoms with Crippen LogP contribution in [0.25, 0.3) is 0 Å². The lowest BCUT2D eigenvalue weighted by molar-refractivity contribution is -0.135. The smallest absolute Gasteiger partial charge is 0.316 e. The van der Waals surface area contributed by atoms with Gasteiger partial charge in [0.15, 0.2) is 0 Å². The average molecular weight is 197 g/mol. The Morgan fingerprint density at radius 1 is 1.29 bits per heavy atom. The van der Waals surface area contributed by atoms with E-state index in [1.54, 1.807) is 7.11 Å². The van der Waals surface area contributed by atoms with Gasteiger partial charge in [-0.25, -0.2) is 4.99 Å². The Hall–Kier alpha value is -1.43. The number of amides is 2. The second-order valence-electron chi connectivity index (χ2n) is 3.37. The van der Waals surface area contributed by atoms with Crippen molar-refractivity contribution in [2.75, 3.05) is 7.11 Å². The molecule has 76 valence electrons. The highest BCUT2D eigenvalue weighted by Gasteiger charge is 2.31. The zero-order valence-electron chi connectivity index (χ0n) is 7.74. The van der Waals surface area contributed by atoms with Crippen LogP contribution in [0, 0.1) is 0 Å². The number of carbonyl (C=O) groups excluding carboxylic acids is 2. The maximum absolute atomic E-state index is 10.8. The number of rotatable bonds is 2. The third kappa shape index (κ3) is 1.60. The second-order valence-corrected chi connectivity index (χ2v) is 3.37. The van der Waals surface area contributed by atoms with Gasteiger partial charge in [-0.1, -0.05) is 0 Å². The minimum absolute atomic E-state index is 0.147. The van der Waals surface area contributed by atoms with Crippen LogP contribution < -0.4 is 10.6 Å². The highest BCUT2D eigenvalue weighted by molar-refractivity contribution is 6.45. The van der Waals surface area contributed by atoms with E-state index in [9.17, 15) is 9.59 Å². The SMILES string of the molecule is COC1CC(N=C2NC(=O)C(=O)N2)C1. The van der Waals surface area contributed by atoms with Gasteiger partial charge in [0.25, 0.3) is 0 Å². The summed E-state index contributed by atoms with van der Waals surface area (Å²) in [5, 5.41) is 4.69. The summed E-state index contributed by atoms with van der Waals surface area (Å²) in [6, 6.07) is 0.147. The third-order valence-corrected chi connectivity index (χ3v) is 2.39. The molecule has 0 aromatic rings. The zero-order chi connectivity index (χ0) is 10.1. The molecule has 6 nitrogen and oxygen atoms in total. The van der Waals surface area contributed by atoms with Crippen LogP contribution in [0.4, 0.5) is 0 Å². The van der Waals surface area contributed by atoms with Gasteiger partial charge in [0.1, 0.15) is 0 Å². The molecule has 2 N–H and O–H groups in total. The maximum atomic E-state index is 10.8. The number of nitrogens with one attached hydrogen (secondary N) is 2. The quantitative estimate of drug-likeness (QED) is 0.544. The number of methoxy groups -OCH3 is 1. The van der Waals surface area contributed by atoms with E-state index in [0.29, 0.717) is 0 Å². The molecule has 1 aliphatic heterocycles. The Kier molecular flexibility index (Phi) is 2.20. The molecule has 0 bridgehead atoms. The number of ether oxygens (including phenoxy) is 1. The van der Waals surface area contributed by atoms with E-state index < -0.39 is 11.8 Å². The van der Waals surface area contributed by atoms with Gasteiger partial charge < -0.3 is 4.74 Å². The van der Waals surface area contributed by atoms with E-state index in [1.807, 2.05) is 0 Å². The van der Waals surface area contributed by atoms with Crippen LogP contribution in [-0.2, 0) is 14.3 Å². The minimum Gasteiger partial charge on any atom is -0.381 e. The van der Waals surface area contributed by atoms with Crippen LogP contribution in [0.1, 0.15) is 12.8 Å². The van der Waals surface area contributed by atoms with Crippen molar-refractivity contribution in [2.45, 2.75) is 25.0 Å². The van der Waals surface area contributed by atoms with E-state index >= 15 is 0 Å². The fourth-order valence-corrected chi connectivity index (χ4v) is 1.44. The molecule has 0 aromatic heterocycles. The Morgan fingerprint density at radius 2 is 1.86 bits per heavy atom. The Morgan fingerprint density at radius 3 is 2.36 bits per heavy atom. The fraction of sp³-hybridized carbons (Fsp3) is 0.625. The molecular weight excluding hydrogens is 186 g/mol. The number of guanidine groups is 1. The van der Waals surface area contributed by atoms with Crippen molar-refractivity contribution in [3.8, 4) is 0 Å². The Labute approximate surface area is 80.7 Å². The molecule has 14 heavy (non-hydrogen) atoms. The molecule has 2 fully saturated rings. The van der Waals surface area contributed by atoms with Crippen LogP contribution in [0.2, 0.25) is 0 Å². The predicted molar refractivity (Wildman–Crippen MR) is 47.5 cm³/mol. The van der Waals surface area contributed by atoms with Gasteiger partial charge in [0, 0.05) is 7.11 Å². The number of hydrogen-bond donors (Lipinski definition) is 2. The molecule has 1 heterocycles. The van der Waals surface area contributed by atoms with E-state index in [4.69, 9.17) is 4.74 Å². The highest BCUT2D eigenvalue weighted by Crippen LogP contribution is 2.25. The zero-order valence-corrected chi connectivity index (χ0v) is 7.74. The van der Waals surface area contributed by atoms with Crippen LogP contribution in [0.15, 0.2) is 4.99 Å². The molecule has 6 heteroatoms. The first kappa shape index (κ1) is 9.14. The Balaban J connectivity index is 1.88. The van der Waals surface area contributed by atoms with Gasteiger partial charge in [-0.2, -0.15) is 0 Å². The molecule has 1 saturated heterocycles. The van der Waals surface area contributed by atoms with Crippen molar-refractivity contribution in [1.29, 1.82) is 0 Å². The molecule has 0 radical (unpaired) electrons. The second kappa shape index (κ2) is 3.38. The van der Waals surface area contributed by atoms with E-state index in [0.717, 1.165) is 12.8 Å². The lowest BCUT2D eigenvalue weighted by Gasteiger charge is -2.31. The predicted octanol–water partition coefficient (Wildman–Crippen LogP) is -1.23. The third-order valence-electron chi connectivity index (χ3n) is 2.39. The van der Waals surface area contributed by atoms with Gasteiger partial charge in [0.05, 0.1) is 12.1 Å². The molecule has 2 aliphatic rings. The molecule has 1 saturated carbocycles. The number of carbonyl (C=O) groups is 2. The van der Waals surface area contributed by atoms with Crippen molar-refractivity contribution in [2.24, 2.45) is 4.99 Å². The maximum Gasteiger partial charge on any atom is 0.316 e. The number of nitrogens with zero attached hydrogens (tertiary/aromatic N) is 1. The molecule has 2 amide bonds. The minimum atomic E-state index is -0.647. The summed E-state index contributed by atoms with van der Waals surface area (Å²) < 4.78 is 5.08. The van der Waals surface area contributed by atoms with Gasteiger partial charge in [0.2, 0.25) is 5.96 Å². The topological polar surface area (TPSA) is 79.8 Å². The van der Waals surface area contributed by atoms with Crippen molar-refractivity contribution in [3.05, 3.63) is 0 Å². The van der Waals surface area contributed by atoms with Gasteiger partial charge in [-0.05, 0) is 12.8 Å². The fourth-order valence-electron chi connectivity index (χ4n) is 1.44. The lowest BCUT2D eigenvalue weighted by atomic mass is 9.90. The van der Waals surface area contributed by atoms with Crippen LogP contribution in [0.5, 0.6) is 0 Å². The number of aliphatic imine (C=N–C) groups is 1. The normalized spacial score (nSPS) is 30.8.